The summed E-state index contributed by atoms with van der Waals surface area (Å²) in [7, 11) is 0. The normalized spacial score (nSPS) is 11.9. The van der Waals surface area contributed by atoms with E-state index in [-0.39, 0.29) is 26.5 Å². The molecule has 4 heterocycles. The van der Waals surface area contributed by atoms with Crippen molar-refractivity contribution in [2.24, 2.45) is 0 Å². The molecule has 0 saturated carbocycles. The van der Waals surface area contributed by atoms with Crippen LogP contribution in [0.3, 0.4) is 0 Å². The third kappa shape index (κ3) is 6.42. The molecule has 0 unspecified atom stereocenters. The number of ether oxygens (including phenoxy) is 1. The summed E-state index contributed by atoms with van der Waals surface area (Å²) in [4.78, 5) is 4.86. The molecule has 0 aliphatic carbocycles. The first-order valence-corrected chi connectivity index (χ1v) is 21.4. The van der Waals surface area contributed by atoms with Gasteiger partial charge in [0, 0.05) is 44.3 Å². The number of rotatable bonds is 5. The zero-order valence-corrected chi connectivity index (χ0v) is 37.7. The van der Waals surface area contributed by atoms with Gasteiger partial charge in [-0.15, -0.1) is 29.7 Å². The number of aromatic nitrogens is 4. The number of fused-ring (bicyclic) bond motifs is 10. The van der Waals surface area contributed by atoms with Crippen LogP contribution in [0.25, 0.3) is 94.5 Å². The first-order chi connectivity index (χ1) is 30.9. The molecule has 0 fully saturated rings. The Balaban J connectivity index is 0.00000456. The van der Waals surface area contributed by atoms with Gasteiger partial charge in [-0.25, -0.2) is 4.98 Å². The monoisotopic (exact) mass is 1000 g/mol. The van der Waals surface area contributed by atoms with Crippen LogP contribution in [0.1, 0.15) is 26.3 Å². The summed E-state index contributed by atoms with van der Waals surface area (Å²) in [5.41, 5.74) is 16.4. The molecule has 12 rings (SSSR count). The van der Waals surface area contributed by atoms with Crippen molar-refractivity contribution in [2.45, 2.75) is 26.2 Å². The maximum atomic E-state index is 6.67. The molecule has 0 atom stereocenters. The van der Waals surface area contributed by atoms with Crippen molar-refractivity contribution in [3.63, 3.8) is 0 Å². The SMILES string of the molecule is CC(C)(C)c1ccnc(-n2c3[c-]c(Oc4[c-]c(-n5[c-][n+]6c7c(cccc75)-c5ccccc5-c5cccc(-c7ccccc7)c5-c5ccccc5-6)ccc4)ccc3c3ccccc32)c1.[Pt]. The van der Waals surface area contributed by atoms with Gasteiger partial charge in [-0.1, -0.05) is 154 Å². The van der Waals surface area contributed by atoms with Gasteiger partial charge in [0.25, 0.3) is 6.33 Å². The third-order valence-electron chi connectivity index (χ3n) is 12.4. The Bertz CT molecular complexity index is 3600. The van der Waals surface area contributed by atoms with Crippen molar-refractivity contribution in [1.82, 2.24) is 14.1 Å². The summed E-state index contributed by atoms with van der Waals surface area (Å²) >= 11 is 0. The van der Waals surface area contributed by atoms with Gasteiger partial charge in [-0.3, -0.25) is 4.57 Å². The summed E-state index contributed by atoms with van der Waals surface area (Å²) in [6.07, 6.45) is 5.72. The topological polar surface area (TPSA) is 35.9 Å². The zero-order valence-electron chi connectivity index (χ0n) is 35.4. The van der Waals surface area contributed by atoms with E-state index in [0.29, 0.717) is 11.5 Å². The molecule has 64 heavy (non-hydrogen) atoms. The summed E-state index contributed by atoms with van der Waals surface area (Å²) in [6, 6.07) is 71.5. The minimum Gasteiger partial charge on any atom is -0.510 e. The molecule has 0 N–H and O–H groups in total. The van der Waals surface area contributed by atoms with E-state index in [1.165, 1.54) is 33.4 Å². The van der Waals surface area contributed by atoms with Crippen LogP contribution in [-0.2, 0) is 26.5 Å². The second-order valence-corrected chi connectivity index (χ2v) is 17.2. The number of pyridine rings is 1. The molecule has 310 valence electrons. The molecule has 0 bridgehead atoms. The number of benzene rings is 8. The van der Waals surface area contributed by atoms with E-state index in [0.717, 1.165) is 66.7 Å². The predicted molar refractivity (Wildman–Crippen MR) is 254 cm³/mol. The fourth-order valence-electron chi connectivity index (χ4n) is 9.41. The van der Waals surface area contributed by atoms with E-state index < -0.39 is 0 Å². The summed E-state index contributed by atoms with van der Waals surface area (Å²) < 4.78 is 13.2. The molecule has 8 aromatic carbocycles. The van der Waals surface area contributed by atoms with Crippen LogP contribution in [0.2, 0.25) is 0 Å². The molecular weight excluding hydrogens is 964 g/mol. The predicted octanol–water partition coefficient (Wildman–Crippen LogP) is 13.9. The van der Waals surface area contributed by atoms with Crippen molar-refractivity contribution in [2.75, 3.05) is 0 Å². The van der Waals surface area contributed by atoms with Crippen molar-refractivity contribution in [3.8, 4) is 73.2 Å². The van der Waals surface area contributed by atoms with E-state index in [9.17, 15) is 0 Å². The van der Waals surface area contributed by atoms with Crippen LogP contribution in [0.5, 0.6) is 11.5 Å². The molecule has 11 aromatic rings. The van der Waals surface area contributed by atoms with Gasteiger partial charge in [0.15, 0.2) is 0 Å². The Labute approximate surface area is 386 Å². The van der Waals surface area contributed by atoms with Gasteiger partial charge in [0.1, 0.15) is 5.82 Å². The molecule has 1 aliphatic heterocycles. The smallest absolute Gasteiger partial charge is 0.268 e. The zero-order chi connectivity index (χ0) is 42.2. The summed E-state index contributed by atoms with van der Waals surface area (Å²) in [6.45, 7) is 6.68. The number of para-hydroxylation sites is 3. The molecule has 3 aromatic heterocycles. The average molecular weight is 1000 g/mol. The quantitative estimate of drug-likeness (QED) is 0.127. The van der Waals surface area contributed by atoms with Crippen LogP contribution < -0.4 is 9.30 Å². The molecule has 0 amide bonds. The van der Waals surface area contributed by atoms with E-state index in [2.05, 4.69) is 217 Å². The van der Waals surface area contributed by atoms with Crippen molar-refractivity contribution >= 4 is 32.8 Å². The van der Waals surface area contributed by atoms with Gasteiger partial charge in [0.05, 0.1) is 16.7 Å². The van der Waals surface area contributed by atoms with Gasteiger partial charge in [-0.2, -0.15) is 18.2 Å². The molecule has 0 saturated heterocycles. The van der Waals surface area contributed by atoms with Crippen molar-refractivity contribution in [1.29, 1.82) is 0 Å². The number of imidazole rings is 1. The van der Waals surface area contributed by atoms with E-state index in [1.807, 2.05) is 24.4 Å². The summed E-state index contributed by atoms with van der Waals surface area (Å²) in [5.74, 6) is 2.01. The largest absolute Gasteiger partial charge is 0.510 e. The van der Waals surface area contributed by atoms with Crippen LogP contribution >= 0.6 is 0 Å². The number of hydrogen-bond donors (Lipinski definition) is 0. The van der Waals surface area contributed by atoms with Crippen molar-refractivity contribution in [3.05, 3.63) is 212 Å². The standard InChI is InChI=1S/C58H40N4O.Pt/c1-58(2,3)39-32-33-59-55(34-39)62-52-28-12-9-22-46(52)47-31-30-42(36-54(47)62)63-41-19-13-18-40(35-41)60-37-61-51-27-11-10-23-50(51)56-43(38-16-5-4-6-17-38)24-14-25-48(56)44-20-7-8-21-45(44)49-26-15-29-53(60)57(49)61;/h4-34H,1-3H3;/q-2;. The van der Waals surface area contributed by atoms with Gasteiger partial charge in [0.2, 0.25) is 0 Å². The Morgan fingerprint density at radius 2 is 1.20 bits per heavy atom. The third-order valence-corrected chi connectivity index (χ3v) is 12.4. The molecule has 6 heteroatoms. The maximum Gasteiger partial charge on any atom is 0.268 e. The van der Waals surface area contributed by atoms with E-state index in [1.54, 1.807) is 0 Å². The number of hydrogen-bond acceptors (Lipinski definition) is 2. The second-order valence-electron chi connectivity index (χ2n) is 17.2. The van der Waals surface area contributed by atoms with Crippen LogP contribution in [-0.4, -0.2) is 14.1 Å². The van der Waals surface area contributed by atoms with Crippen LogP contribution in [0.15, 0.2) is 188 Å². The van der Waals surface area contributed by atoms with Gasteiger partial charge < -0.3 is 13.9 Å². The summed E-state index contributed by atoms with van der Waals surface area (Å²) in [5, 5.41) is 2.22. The molecule has 0 spiro atoms. The van der Waals surface area contributed by atoms with Crippen LogP contribution in [0.4, 0.5) is 0 Å². The second kappa shape index (κ2) is 15.5. The number of nitrogens with zero attached hydrogens (tertiary/aromatic N) is 4. The molecule has 0 radical (unpaired) electrons. The van der Waals surface area contributed by atoms with E-state index >= 15 is 0 Å². The Kier molecular flexibility index (Phi) is 9.56. The Hall–Kier alpha value is -7.33. The van der Waals surface area contributed by atoms with Crippen molar-refractivity contribution < 1.29 is 30.4 Å². The Morgan fingerprint density at radius 3 is 2.05 bits per heavy atom. The first kappa shape index (κ1) is 39.5. The molecular formula is C58H40N4OPt-2. The van der Waals surface area contributed by atoms with E-state index in [4.69, 9.17) is 9.72 Å². The fourth-order valence-corrected chi connectivity index (χ4v) is 9.41. The molecule has 1 aliphatic rings. The van der Waals surface area contributed by atoms with Crippen LogP contribution in [0, 0.1) is 18.5 Å². The molecule has 5 nitrogen and oxygen atoms in total. The minimum atomic E-state index is -0.0285. The minimum absolute atomic E-state index is 0. The first-order valence-electron chi connectivity index (χ1n) is 21.4. The maximum absolute atomic E-state index is 6.67. The van der Waals surface area contributed by atoms with Gasteiger partial charge in [-0.05, 0) is 90.8 Å². The Morgan fingerprint density at radius 1 is 0.547 bits per heavy atom. The van der Waals surface area contributed by atoms with Gasteiger partial charge >= 0.3 is 0 Å². The fraction of sp³-hybridized carbons (Fsp3) is 0.0690. The average Bonchev–Trinajstić information content (AvgIpc) is 3.88.